The van der Waals surface area contributed by atoms with E-state index in [9.17, 15) is 29.1 Å². The number of β-amino-alcohol motifs (C(OH)–C–C–N with tert-alkyl or cyclic N) is 1. The lowest BCUT2D eigenvalue weighted by molar-refractivity contribution is -0.145. The summed E-state index contributed by atoms with van der Waals surface area (Å²) < 4.78 is 11.6. The summed E-state index contributed by atoms with van der Waals surface area (Å²) in [5.41, 5.74) is 8.36. The Hall–Kier alpha value is -6.50. The predicted molar refractivity (Wildman–Crippen MR) is 269 cm³/mol. The zero-order valence-electron chi connectivity index (χ0n) is 40.7. The highest BCUT2D eigenvalue weighted by Crippen LogP contribution is 2.44. The van der Waals surface area contributed by atoms with E-state index in [0.29, 0.717) is 17.2 Å². The number of aryl methyl sites for hydroxylation is 2. The van der Waals surface area contributed by atoms with Crippen LogP contribution in [-0.4, -0.2) is 110 Å². The number of likely N-dealkylation sites (tertiary alicyclic amines) is 1. The van der Waals surface area contributed by atoms with Crippen molar-refractivity contribution >= 4 is 64.0 Å². The Labute approximate surface area is 415 Å². The zero-order chi connectivity index (χ0) is 50.2. The minimum absolute atomic E-state index is 0.00368. The Bertz CT molecular complexity index is 2890. The molecule has 5 aromatic rings. The van der Waals surface area contributed by atoms with Gasteiger partial charge in [0.1, 0.15) is 29.0 Å². The number of aliphatic hydroxyl groups is 1. The molecule has 3 aliphatic rings. The van der Waals surface area contributed by atoms with Crippen molar-refractivity contribution in [1.29, 1.82) is 0 Å². The summed E-state index contributed by atoms with van der Waals surface area (Å²) in [6.07, 6.45) is -0.867. The van der Waals surface area contributed by atoms with E-state index in [0.717, 1.165) is 54.5 Å². The molecule has 2 unspecified atom stereocenters. The monoisotopic (exact) mass is 986 g/mol. The number of thioether (sulfide) groups is 1. The number of aliphatic hydroxyl groups excluding tert-OH is 1. The molecule has 3 amide bonds. The van der Waals surface area contributed by atoms with Gasteiger partial charge >= 0.3 is 11.9 Å². The fourth-order valence-corrected chi connectivity index (χ4v) is 11.3. The van der Waals surface area contributed by atoms with Crippen LogP contribution < -0.4 is 10.6 Å². The summed E-state index contributed by atoms with van der Waals surface area (Å²) in [6.45, 7) is 15.6. The highest BCUT2D eigenvalue weighted by molar-refractivity contribution is 8.13. The molecule has 0 bridgehead atoms. The van der Waals surface area contributed by atoms with Gasteiger partial charge in [-0.05, 0) is 80.0 Å². The van der Waals surface area contributed by atoms with Crippen molar-refractivity contribution in [3.8, 4) is 16.1 Å². The second-order valence-electron chi connectivity index (χ2n) is 19.0. The van der Waals surface area contributed by atoms with Gasteiger partial charge in [-0.3, -0.25) is 33.7 Å². The van der Waals surface area contributed by atoms with E-state index >= 15 is 0 Å². The SMILES string of the molecule is CCOC(=O)C1N=CSC1(C)c1ccc(CNC(=O)[C@@H]2C[C@@H](O)CN2C(=O)[C@@H](NC(=O)c2ccc(-c3ccc(C4=N[C@@H](CC(=O)OC)c5nnc(C)n5-c5sc(C)c(C)c54)cc3)cc2)C(C)(C)C)cc1. The number of hydrogen-bond acceptors (Lipinski definition) is 14. The summed E-state index contributed by atoms with van der Waals surface area (Å²) in [7, 11) is 1.36. The zero-order valence-corrected chi connectivity index (χ0v) is 42.4. The van der Waals surface area contributed by atoms with Crippen molar-refractivity contribution in [2.45, 2.75) is 110 Å². The van der Waals surface area contributed by atoms with Gasteiger partial charge in [-0.1, -0.05) is 81.4 Å². The summed E-state index contributed by atoms with van der Waals surface area (Å²) in [4.78, 5) is 79.2. The van der Waals surface area contributed by atoms with Crippen molar-refractivity contribution in [1.82, 2.24) is 30.3 Å². The second kappa shape index (κ2) is 20.1. The van der Waals surface area contributed by atoms with Gasteiger partial charge in [-0.15, -0.1) is 33.3 Å². The molecule has 18 heteroatoms. The Balaban J connectivity index is 0.937. The third-order valence-corrected chi connectivity index (χ3v) is 15.6. The molecule has 1 fully saturated rings. The number of aromatic nitrogens is 3. The minimum Gasteiger partial charge on any atom is -0.469 e. The van der Waals surface area contributed by atoms with Crippen LogP contribution in [0.5, 0.6) is 0 Å². The first-order chi connectivity index (χ1) is 33.3. The van der Waals surface area contributed by atoms with Crippen molar-refractivity contribution in [2.24, 2.45) is 15.4 Å². The van der Waals surface area contributed by atoms with Gasteiger partial charge in [0.05, 0.1) is 42.2 Å². The van der Waals surface area contributed by atoms with Gasteiger partial charge in [-0.25, -0.2) is 4.79 Å². The number of fused-ring (bicyclic) bond motifs is 3. The first-order valence-electron chi connectivity index (χ1n) is 23.2. The third kappa shape index (κ3) is 9.81. The molecular weight excluding hydrogens is 929 g/mol. The first kappa shape index (κ1) is 49.9. The van der Waals surface area contributed by atoms with E-state index in [4.69, 9.17) is 14.5 Å². The topological polar surface area (TPSA) is 207 Å². The lowest BCUT2D eigenvalue weighted by Gasteiger charge is -2.35. The standard InChI is InChI=1S/C52H58N8O8S2/c1-10-68-50(66)44-52(8,69-27-54-44)36-21-11-31(12-22-36)25-53-47(64)39-23-37(61)26-59(39)48(65)43(51(5,6)7)56-46(63)35-19-15-33(16-20-35)32-13-17-34(18-14-32)42-41-28(2)29(3)70-49(41)60-30(4)57-58-45(60)38(55-42)24-40(62)67-9/h11-22,27,37-39,43-44,61H,10,23-26H2,1-9H3,(H,53,64)(H,56,63)/t37-,38+,39+,43-,44?,52?/m1/s1. The van der Waals surface area contributed by atoms with Crippen LogP contribution in [0.25, 0.3) is 16.1 Å². The molecule has 2 aromatic heterocycles. The molecule has 16 nitrogen and oxygen atoms in total. The van der Waals surface area contributed by atoms with E-state index in [1.807, 2.05) is 99.8 Å². The number of nitrogens with one attached hydrogen (secondary N) is 2. The number of nitrogens with zero attached hydrogens (tertiary/aromatic N) is 6. The lowest BCUT2D eigenvalue weighted by Crippen LogP contribution is -2.57. The van der Waals surface area contributed by atoms with Crippen LogP contribution in [0.4, 0.5) is 0 Å². The fourth-order valence-electron chi connectivity index (χ4n) is 9.14. The van der Waals surface area contributed by atoms with Crippen LogP contribution in [0.3, 0.4) is 0 Å². The molecule has 1 saturated heterocycles. The van der Waals surface area contributed by atoms with E-state index < -0.39 is 64.1 Å². The molecule has 3 aromatic carbocycles. The van der Waals surface area contributed by atoms with Gasteiger partial charge in [0.15, 0.2) is 11.9 Å². The third-order valence-electron chi connectivity index (χ3n) is 13.3. The molecule has 3 aliphatic heterocycles. The van der Waals surface area contributed by atoms with Crippen molar-refractivity contribution in [3.05, 3.63) is 123 Å². The van der Waals surface area contributed by atoms with Crippen LogP contribution >= 0.6 is 23.1 Å². The first-order valence-corrected chi connectivity index (χ1v) is 24.9. The number of benzene rings is 3. The number of carbonyl (C=O) groups excluding carboxylic acids is 5. The summed E-state index contributed by atoms with van der Waals surface area (Å²) in [6, 6.07) is 19.4. The fraction of sp³-hybridized carbons (Fsp3) is 0.404. The average Bonchev–Trinajstić information content (AvgIpc) is 4.10. The molecule has 70 heavy (non-hydrogen) atoms. The van der Waals surface area contributed by atoms with Gasteiger partial charge in [0, 0.05) is 41.1 Å². The number of methoxy groups -OCH3 is 1. The average molecular weight is 987 g/mol. The molecule has 3 N–H and O–H groups in total. The van der Waals surface area contributed by atoms with E-state index in [1.54, 1.807) is 35.9 Å². The van der Waals surface area contributed by atoms with Crippen LogP contribution in [0, 0.1) is 26.2 Å². The van der Waals surface area contributed by atoms with Crippen LogP contribution in [-0.2, 0) is 39.9 Å². The Morgan fingerprint density at radius 1 is 0.929 bits per heavy atom. The molecule has 0 radical (unpaired) electrons. The molecule has 366 valence electrons. The van der Waals surface area contributed by atoms with Gasteiger partial charge in [0.25, 0.3) is 5.91 Å². The number of hydrogen-bond donors (Lipinski definition) is 3. The number of thiophene rings is 1. The van der Waals surface area contributed by atoms with Gasteiger partial charge < -0.3 is 30.1 Å². The highest BCUT2D eigenvalue weighted by Gasteiger charge is 2.46. The number of esters is 2. The Morgan fingerprint density at radius 3 is 2.23 bits per heavy atom. The summed E-state index contributed by atoms with van der Waals surface area (Å²) >= 11 is 3.08. The van der Waals surface area contributed by atoms with Crippen LogP contribution in [0.2, 0.25) is 0 Å². The summed E-state index contributed by atoms with van der Waals surface area (Å²) in [5, 5.41) is 26.4. The quantitative estimate of drug-likeness (QED) is 0.106. The molecule has 8 rings (SSSR count). The Kier molecular flexibility index (Phi) is 14.3. The number of amides is 3. The van der Waals surface area contributed by atoms with Gasteiger partial charge in [-0.2, -0.15) is 0 Å². The molecular formula is C52H58N8O8S2. The highest BCUT2D eigenvalue weighted by atomic mass is 32.2. The van der Waals surface area contributed by atoms with Crippen molar-refractivity contribution < 1.29 is 38.6 Å². The molecule has 5 heterocycles. The maximum atomic E-state index is 14.4. The van der Waals surface area contributed by atoms with E-state index in [1.165, 1.54) is 23.8 Å². The molecule has 6 atom stereocenters. The second-order valence-corrected chi connectivity index (χ2v) is 21.5. The molecule has 0 aliphatic carbocycles. The molecule has 0 saturated carbocycles. The predicted octanol–water partition coefficient (Wildman–Crippen LogP) is 6.72. The van der Waals surface area contributed by atoms with E-state index in [2.05, 4.69) is 39.7 Å². The van der Waals surface area contributed by atoms with Crippen LogP contribution in [0.1, 0.15) is 108 Å². The Morgan fingerprint density at radius 2 is 1.59 bits per heavy atom. The van der Waals surface area contributed by atoms with Crippen molar-refractivity contribution in [3.63, 3.8) is 0 Å². The van der Waals surface area contributed by atoms with Crippen molar-refractivity contribution in [2.75, 3.05) is 20.3 Å². The maximum Gasteiger partial charge on any atom is 0.332 e. The largest absolute Gasteiger partial charge is 0.469 e. The smallest absolute Gasteiger partial charge is 0.332 e. The normalized spacial score (nSPS) is 21.0. The van der Waals surface area contributed by atoms with Crippen LogP contribution in [0.15, 0.2) is 82.8 Å². The minimum atomic E-state index is -1.02. The molecule has 0 spiro atoms. The van der Waals surface area contributed by atoms with E-state index in [-0.39, 0.29) is 38.5 Å². The summed E-state index contributed by atoms with van der Waals surface area (Å²) in [5.74, 6) is -0.851. The number of aliphatic imine (C=N–C) groups is 2. The lowest BCUT2D eigenvalue weighted by atomic mass is 9.85. The van der Waals surface area contributed by atoms with Gasteiger partial charge in [0.2, 0.25) is 11.8 Å². The maximum absolute atomic E-state index is 14.4. The number of ether oxygens (including phenoxy) is 2. The number of carbonyl (C=O) groups is 5. The number of rotatable bonds is 13.